The number of amides is 2. The Hall–Kier alpha value is -2.24. The molecule has 0 aromatic heterocycles. The number of benzene rings is 1. The van der Waals surface area contributed by atoms with Gasteiger partial charge in [0.2, 0.25) is 11.8 Å². The van der Waals surface area contributed by atoms with Gasteiger partial charge < -0.3 is 20.7 Å². The van der Waals surface area contributed by atoms with Gasteiger partial charge in [0.05, 0.1) is 19.3 Å². The molecule has 0 aliphatic carbocycles. The van der Waals surface area contributed by atoms with Gasteiger partial charge in [-0.2, -0.15) is 0 Å². The molecule has 1 heterocycles. The molecule has 0 saturated carbocycles. The summed E-state index contributed by atoms with van der Waals surface area (Å²) >= 11 is 0. The third kappa shape index (κ3) is 2.15. The van der Waals surface area contributed by atoms with Crippen molar-refractivity contribution in [1.29, 1.82) is 0 Å². The highest BCUT2D eigenvalue weighted by Gasteiger charge is 2.24. The van der Waals surface area contributed by atoms with Crippen LogP contribution in [-0.4, -0.2) is 32.0 Å². The lowest BCUT2D eigenvalue weighted by Gasteiger charge is -2.27. The van der Waals surface area contributed by atoms with Crippen molar-refractivity contribution in [1.82, 2.24) is 5.32 Å². The molecule has 1 fully saturated rings. The molecule has 1 aromatic carbocycles. The minimum atomic E-state index is -0.181. The van der Waals surface area contributed by atoms with E-state index < -0.39 is 0 Å². The topological polar surface area (TPSA) is 84.7 Å². The molecule has 0 bridgehead atoms. The average molecular weight is 235 g/mol. The van der Waals surface area contributed by atoms with Gasteiger partial charge in [-0.05, 0) is 18.2 Å². The zero-order chi connectivity index (χ0) is 12.4. The quantitative estimate of drug-likeness (QED) is 0.692. The van der Waals surface area contributed by atoms with Crippen LogP contribution in [0, 0.1) is 0 Å². The van der Waals surface area contributed by atoms with Crippen LogP contribution in [0.15, 0.2) is 18.2 Å². The zero-order valence-electron chi connectivity index (χ0n) is 9.40. The predicted molar refractivity (Wildman–Crippen MR) is 62.8 cm³/mol. The first-order chi connectivity index (χ1) is 8.11. The van der Waals surface area contributed by atoms with E-state index in [-0.39, 0.29) is 24.9 Å². The minimum absolute atomic E-state index is 0.0185. The Morgan fingerprint density at radius 3 is 2.82 bits per heavy atom. The highest BCUT2D eigenvalue weighted by atomic mass is 16.5. The number of carbonyl (C=O) groups excluding carboxylic acids is 2. The van der Waals surface area contributed by atoms with Crippen LogP contribution in [-0.2, 0) is 9.59 Å². The Bertz CT molecular complexity index is 473. The molecule has 2 amide bonds. The average Bonchev–Trinajstić information content (AvgIpc) is 2.32. The molecular formula is C11H13N3O3. The third-order valence-corrected chi connectivity index (χ3v) is 2.56. The smallest absolute Gasteiger partial charge is 0.246 e. The summed E-state index contributed by atoms with van der Waals surface area (Å²) in [5, 5.41) is 2.48. The molecule has 6 nitrogen and oxygen atoms in total. The first kappa shape index (κ1) is 11.3. The van der Waals surface area contributed by atoms with Gasteiger partial charge in [0.15, 0.2) is 0 Å². The zero-order valence-corrected chi connectivity index (χ0v) is 9.40. The SMILES string of the molecule is COc1ccc(N2CC(=O)NCC2=O)cc1N. The number of nitrogen functional groups attached to an aromatic ring is 1. The number of hydrogen-bond donors (Lipinski definition) is 2. The van der Waals surface area contributed by atoms with Gasteiger partial charge in [-0.25, -0.2) is 0 Å². The molecule has 17 heavy (non-hydrogen) atoms. The fraction of sp³-hybridized carbons (Fsp3) is 0.273. The fourth-order valence-corrected chi connectivity index (χ4v) is 1.68. The Labute approximate surface area is 98.3 Å². The maximum Gasteiger partial charge on any atom is 0.246 e. The molecule has 2 rings (SSSR count). The number of nitrogens with two attached hydrogens (primary N) is 1. The van der Waals surface area contributed by atoms with E-state index in [1.54, 1.807) is 18.2 Å². The number of hydrogen-bond acceptors (Lipinski definition) is 4. The van der Waals surface area contributed by atoms with Gasteiger partial charge in [-0.1, -0.05) is 0 Å². The molecule has 1 aliphatic heterocycles. The van der Waals surface area contributed by atoms with Crippen molar-refractivity contribution in [3.8, 4) is 5.75 Å². The van der Waals surface area contributed by atoms with Gasteiger partial charge in [0.25, 0.3) is 0 Å². The van der Waals surface area contributed by atoms with Gasteiger partial charge in [-0.3, -0.25) is 9.59 Å². The van der Waals surface area contributed by atoms with E-state index in [9.17, 15) is 9.59 Å². The summed E-state index contributed by atoms with van der Waals surface area (Å²) in [6.45, 7) is 0.0371. The highest BCUT2D eigenvalue weighted by molar-refractivity contribution is 6.04. The highest BCUT2D eigenvalue weighted by Crippen LogP contribution is 2.27. The molecule has 1 aromatic rings. The van der Waals surface area contributed by atoms with Crippen molar-refractivity contribution >= 4 is 23.2 Å². The van der Waals surface area contributed by atoms with Gasteiger partial charge >= 0.3 is 0 Å². The van der Waals surface area contributed by atoms with Crippen molar-refractivity contribution in [3.05, 3.63) is 18.2 Å². The number of rotatable bonds is 2. The largest absolute Gasteiger partial charge is 0.495 e. The van der Waals surface area contributed by atoms with E-state index in [1.807, 2.05) is 0 Å². The molecule has 3 N–H and O–H groups in total. The monoisotopic (exact) mass is 235 g/mol. The molecule has 0 unspecified atom stereocenters. The van der Waals surface area contributed by atoms with Gasteiger partial charge in [0, 0.05) is 5.69 Å². The second kappa shape index (κ2) is 4.32. The summed E-state index contributed by atoms with van der Waals surface area (Å²) in [5.41, 5.74) is 6.79. The lowest BCUT2D eigenvalue weighted by molar-refractivity contribution is -0.128. The summed E-state index contributed by atoms with van der Waals surface area (Å²) in [4.78, 5) is 24.3. The number of anilines is 2. The summed E-state index contributed by atoms with van der Waals surface area (Å²) in [5.74, 6) is 0.204. The van der Waals surface area contributed by atoms with Crippen LogP contribution < -0.4 is 20.7 Å². The van der Waals surface area contributed by atoms with Crippen LogP contribution in [0.3, 0.4) is 0 Å². The van der Waals surface area contributed by atoms with E-state index in [1.165, 1.54) is 12.0 Å². The molecular weight excluding hydrogens is 222 g/mol. The van der Waals surface area contributed by atoms with Crippen LogP contribution >= 0.6 is 0 Å². The van der Waals surface area contributed by atoms with Crippen molar-refractivity contribution in [2.45, 2.75) is 0 Å². The molecule has 1 aliphatic rings. The molecule has 0 spiro atoms. The third-order valence-electron chi connectivity index (χ3n) is 2.56. The minimum Gasteiger partial charge on any atom is -0.495 e. The lowest BCUT2D eigenvalue weighted by Crippen LogP contribution is -2.51. The molecule has 1 saturated heterocycles. The fourth-order valence-electron chi connectivity index (χ4n) is 1.68. The van der Waals surface area contributed by atoms with Crippen LogP contribution in [0.2, 0.25) is 0 Å². The van der Waals surface area contributed by atoms with E-state index in [0.717, 1.165) is 0 Å². The van der Waals surface area contributed by atoms with Crippen LogP contribution in [0.4, 0.5) is 11.4 Å². The van der Waals surface area contributed by atoms with E-state index >= 15 is 0 Å². The van der Waals surface area contributed by atoms with E-state index in [0.29, 0.717) is 17.1 Å². The number of nitrogens with zero attached hydrogens (tertiary/aromatic N) is 1. The van der Waals surface area contributed by atoms with Crippen molar-refractivity contribution in [2.24, 2.45) is 0 Å². The van der Waals surface area contributed by atoms with Crippen molar-refractivity contribution < 1.29 is 14.3 Å². The van der Waals surface area contributed by atoms with Gasteiger partial charge in [0.1, 0.15) is 12.3 Å². The second-order valence-corrected chi connectivity index (χ2v) is 3.68. The summed E-state index contributed by atoms with van der Waals surface area (Å²) in [6.07, 6.45) is 0. The Morgan fingerprint density at radius 1 is 1.41 bits per heavy atom. The van der Waals surface area contributed by atoms with Crippen molar-refractivity contribution in [3.63, 3.8) is 0 Å². The maximum atomic E-state index is 11.6. The van der Waals surface area contributed by atoms with Gasteiger partial charge in [-0.15, -0.1) is 0 Å². The Morgan fingerprint density at radius 2 is 2.18 bits per heavy atom. The first-order valence-corrected chi connectivity index (χ1v) is 5.12. The van der Waals surface area contributed by atoms with E-state index in [4.69, 9.17) is 10.5 Å². The van der Waals surface area contributed by atoms with Crippen LogP contribution in [0.1, 0.15) is 0 Å². The number of ether oxygens (including phenoxy) is 1. The van der Waals surface area contributed by atoms with Crippen molar-refractivity contribution in [2.75, 3.05) is 30.8 Å². The maximum absolute atomic E-state index is 11.6. The Balaban J connectivity index is 2.29. The first-order valence-electron chi connectivity index (χ1n) is 5.12. The summed E-state index contributed by atoms with van der Waals surface area (Å²) in [7, 11) is 1.52. The van der Waals surface area contributed by atoms with Crippen LogP contribution in [0.5, 0.6) is 5.75 Å². The summed E-state index contributed by atoms with van der Waals surface area (Å²) in [6, 6.07) is 4.99. The number of carbonyl (C=O) groups is 2. The number of nitrogens with one attached hydrogen (secondary N) is 1. The normalized spacial score (nSPS) is 15.7. The second-order valence-electron chi connectivity index (χ2n) is 3.68. The van der Waals surface area contributed by atoms with Crippen LogP contribution in [0.25, 0.3) is 0 Å². The summed E-state index contributed by atoms with van der Waals surface area (Å²) < 4.78 is 5.03. The van der Waals surface area contributed by atoms with E-state index in [2.05, 4.69) is 5.32 Å². The predicted octanol–water partition coefficient (Wildman–Crippen LogP) is -0.260. The lowest BCUT2D eigenvalue weighted by atomic mass is 10.2. The molecule has 0 atom stereocenters. The number of methoxy groups -OCH3 is 1. The molecule has 6 heteroatoms. The Kier molecular flexibility index (Phi) is 2.86. The standard InChI is InChI=1S/C11H13N3O3/c1-17-9-3-2-7(4-8(9)12)14-6-10(15)13-5-11(14)16/h2-4H,5-6,12H2,1H3,(H,13,15). The number of piperazine rings is 1. The molecule has 90 valence electrons. The molecule has 0 radical (unpaired) electrons.